The summed E-state index contributed by atoms with van der Waals surface area (Å²) in [4.78, 5) is 14.6. The number of anilines is 1. The topological polar surface area (TPSA) is 83.3 Å². The number of aryl methyl sites for hydroxylation is 1. The molecule has 1 fully saturated rings. The fourth-order valence-corrected chi connectivity index (χ4v) is 4.78. The highest BCUT2D eigenvalue weighted by Crippen LogP contribution is 2.40. The molecule has 1 aliphatic carbocycles. The Morgan fingerprint density at radius 1 is 1.19 bits per heavy atom. The molecule has 3 aromatic rings. The van der Waals surface area contributed by atoms with Crippen molar-refractivity contribution in [1.82, 2.24) is 20.1 Å². The summed E-state index contributed by atoms with van der Waals surface area (Å²) in [5.74, 6) is -0.178. The molecule has 7 nitrogen and oxygen atoms in total. The maximum Gasteiger partial charge on any atom is 0.416 e. The zero-order chi connectivity index (χ0) is 27.0. The zero-order valence-corrected chi connectivity index (χ0v) is 21.4. The van der Waals surface area contributed by atoms with Gasteiger partial charge in [0.2, 0.25) is 0 Å². The molecule has 198 valence electrons. The molecule has 5 rings (SSSR count). The van der Waals surface area contributed by atoms with E-state index in [0.717, 1.165) is 25.3 Å². The van der Waals surface area contributed by atoms with Crippen molar-refractivity contribution in [2.24, 2.45) is 7.05 Å². The van der Waals surface area contributed by atoms with Crippen molar-refractivity contribution in [3.05, 3.63) is 76.4 Å². The van der Waals surface area contributed by atoms with E-state index in [1.54, 1.807) is 41.9 Å². The molecule has 0 radical (unpaired) electrons. The van der Waals surface area contributed by atoms with Gasteiger partial charge in [-0.25, -0.2) is 0 Å². The standard InChI is InChI=1S/C25H26F3N5O2.C2H6/c1-24(7-4-8-24)29-12-15-9-18-19(20(10-15)25(26,27)28)13-33(23(18)35)17-6-3-5-16(11-17)21(34)22-31-30-14-32(22)2;1-2/h3,5-6,9-11,14,21,29,34H,4,7-8,12-13H2,1-2H3;1-2H3. The van der Waals surface area contributed by atoms with Crippen LogP contribution in [0, 0.1) is 0 Å². The summed E-state index contributed by atoms with van der Waals surface area (Å²) in [5.41, 5.74) is 0.478. The molecule has 2 aliphatic rings. The summed E-state index contributed by atoms with van der Waals surface area (Å²) in [6.45, 7) is 6.13. The quantitative estimate of drug-likeness (QED) is 0.475. The molecule has 1 saturated carbocycles. The third kappa shape index (κ3) is 5.26. The van der Waals surface area contributed by atoms with Crippen LogP contribution in [0.2, 0.25) is 0 Å². The monoisotopic (exact) mass is 515 g/mol. The van der Waals surface area contributed by atoms with E-state index in [9.17, 15) is 23.1 Å². The first kappa shape index (κ1) is 26.8. The van der Waals surface area contributed by atoms with Crippen LogP contribution in [0.15, 0.2) is 42.7 Å². The van der Waals surface area contributed by atoms with Crippen LogP contribution < -0.4 is 10.2 Å². The van der Waals surface area contributed by atoms with Gasteiger partial charge in [-0.1, -0.05) is 26.0 Å². The Hall–Kier alpha value is -3.24. The number of amides is 1. The van der Waals surface area contributed by atoms with E-state index >= 15 is 0 Å². The highest BCUT2D eigenvalue weighted by molar-refractivity contribution is 6.10. The molecule has 1 aromatic heterocycles. The fourth-order valence-electron chi connectivity index (χ4n) is 4.78. The van der Waals surface area contributed by atoms with Crippen LogP contribution in [-0.4, -0.2) is 31.3 Å². The Morgan fingerprint density at radius 3 is 2.51 bits per heavy atom. The Labute approximate surface area is 214 Å². The van der Waals surface area contributed by atoms with Crippen molar-refractivity contribution in [3.63, 3.8) is 0 Å². The molecule has 1 unspecified atom stereocenters. The van der Waals surface area contributed by atoms with Gasteiger partial charge in [-0.3, -0.25) is 4.79 Å². The summed E-state index contributed by atoms with van der Waals surface area (Å²) in [7, 11) is 1.69. The van der Waals surface area contributed by atoms with Crippen molar-refractivity contribution in [2.75, 3.05) is 4.90 Å². The van der Waals surface area contributed by atoms with Gasteiger partial charge >= 0.3 is 6.18 Å². The first-order valence-corrected chi connectivity index (χ1v) is 12.5. The van der Waals surface area contributed by atoms with Crippen molar-refractivity contribution in [3.8, 4) is 0 Å². The minimum absolute atomic E-state index is 0.0274. The average molecular weight is 516 g/mol. The van der Waals surface area contributed by atoms with Gasteiger partial charge < -0.3 is 19.9 Å². The molecule has 1 amide bonds. The average Bonchev–Trinajstić information content (AvgIpc) is 3.44. The molecule has 2 heterocycles. The molecule has 1 atom stereocenters. The third-order valence-corrected chi connectivity index (χ3v) is 7.07. The molecular weight excluding hydrogens is 483 g/mol. The minimum atomic E-state index is -4.58. The summed E-state index contributed by atoms with van der Waals surface area (Å²) < 4.78 is 43.6. The number of carbonyl (C=O) groups is 1. The van der Waals surface area contributed by atoms with Crippen LogP contribution in [-0.2, 0) is 26.3 Å². The maximum absolute atomic E-state index is 14.0. The van der Waals surface area contributed by atoms with Crippen LogP contribution in [0.1, 0.15) is 84.6 Å². The lowest BCUT2D eigenvalue weighted by molar-refractivity contribution is -0.138. The van der Waals surface area contributed by atoms with Crippen LogP contribution >= 0.6 is 0 Å². The number of nitrogens with zero attached hydrogens (tertiary/aromatic N) is 4. The second-order valence-electron chi connectivity index (χ2n) is 9.62. The second-order valence-corrected chi connectivity index (χ2v) is 9.62. The lowest BCUT2D eigenvalue weighted by Gasteiger charge is -2.39. The second kappa shape index (κ2) is 10.3. The number of hydrogen-bond donors (Lipinski definition) is 2. The van der Waals surface area contributed by atoms with E-state index in [1.807, 2.05) is 13.8 Å². The number of benzene rings is 2. The predicted molar refractivity (Wildman–Crippen MR) is 134 cm³/mol. The van der Waals surface area contributed by atoms with Crippen LogP contribution in [0.3, 0.4) is 0 Å². The number of aliphatic hydroxyl groups excluding tert-OH is 1. The molecule has 10 heteroatoms. The van der Waals surface area contributed by atoms with Crippen molar-refractivity contribution >= 4 is 11.6 Å². The summed E-state index contributed by atoms with van der Waals surface area (Å²) in [6, 6.07) is 9.28. The summed E-state index contributed by atoms with van der Waals surface area (Å²) in [5, 5.41) is 21.7. The van der Waals surface area contributed by atoms with Crippen LogP contribution in [0.4, 0.5) is 18.9 Å². The molecule has 2 N–H and O–H groups in total. The largest absolute Gasteiger partial charge is 0.416 e. The molecule has 1 aliphatic heterocycles. The Kier molecular flexibility index (Phi) is 7.43. The van der Waals surface area contributed by atoms with Gasteiger partial charge in [0, 0.05) is 30.4 Å². The number of rotatable bonds is 6. The minimum Gasteiger partial charge on any atom is -0.380 e. The van der Waals surface area contributed by atoms with E-state index in [2.05, 4.69) is 22.4 Å². The number of aliphatic hydroxyl groups is 1. The molecular formula is C27H32F3N5O2. The first-order chi connectivity index (χ1) is 17.6. The molecule has 0 bridgehead atoms. The zero-order valence-electron chi connectivity index (χ0n) is 21.4. The van der Waals surface area contributed by atoms with Gasteiger partial charge in [0.05, 0.1) is 12.1 Å². The van der Waals surface area contributed by atoms with E-state index in [0.29, 0.717) is 22.6 Å². The summed E-state index contributed by atoms with van der Waals surface area (Å²) in [6.07, 6.45) is -1.17. The van der Waals surface area contributed by atoms with Crippen molar-refractivity contribution in [2.45, 2.75) is 70.9 Å². The molecule has 0 saturated heterocycles. The third-order valence-electron chi connectivity index (χ3n) is 7.07. The van der Waals surface area contributed by atoms with E-state index < -0.39 is 23.8 Å². The van der Waals surface area contributed by atoms with Crippen LogP contribution in [0.25, 0.3) is 0 Å². The Bertz CT molecular complexity index is 1280. The van der Waals surface area contributed by atoms with Crippen molar-refractivity contribution in [1.29, 1.82) is 0 Å². The highest BCUT2D eigenvalue weighted by atomic mass is 19.4. The van der Waals surface area contributed by atoms with Gasteiger partial charge in [-0.15, -0.1) is 10.2 Å². The predicted octanol–water partition coefficient (Wildman–Crippen LogP) is 5.13. The number of alkyl halides is 3. The Morgan fingerprint density at radius 2 is 1.92 bits per heavy atom. The normalized spacial score (nSPS) is 17.1. The van der Waals surface area contributed by atoms with Gasteiger partial charge in [0.1, 0.15) is 12.4 Å². The first-order valence-electron chi connectivity index (χ1n) is 12.5. The SMILES string of the molecule is CC.Cn1cnnc1C(O)c1cccc(N2Cc3c(cc(CNC4(C)CCC4)cc3C(F)(F)F)C2=O)c1. The fraction of sp³-hybridized carbons (Fsp3) is 0.444. The smallest absolute Gasteiger partial charge is 0.380 e. The molecule has 2 aromatic carbocycles. The highest BCUT2D eigenvalue weighted by Gasteiger charge is 2.41. The van der Waals surface area contributed by atoms with Gasteiger partial charge in [-0.2, -0.15) is 13.2 Å². The number of hydrogen-bond acceptors (Lipinski definition) is 5. The number of halogens is 3. The lowest BCUT2D eigenvalue weighted by atomic mass is 9.78. The van der Waals surface area contributed by atoms with E-state index in [1.165, 1.54) is 11.2 Å². The van der Waals surface area contributed by atoms with E-state index in [-0.39, 0.29) is 29.8 Å². The van der Waals surface area contributed by atoms with Gasteiger partial charge in [0.25, 0.3) is 5.91 Å². The summed E-state index contributed by atoms with van der Waals surface area (Å²) >= 11 is 0. The molecule has 0 spiro atoms. The lowest BCUT2D eigenvalue weighted by Crippen LogP contribution is -2.47. The van der Waals surface area contributed by atoms with E-state index in [4.69, 9.17) is 0 Å². The Balaban J connectivity index is 0.00000156. The molecule has 37 heavy (non-hydrogen) atoms. The van der Waals surface area contributed by atoms with Gasteiger partial charge in [0.15, 0.2) is 5.82 Å². The number of fused-ring (bicyclic) bond motifs is 1. The number of aromatic nitrogens is 3. The van der Waals surface area contributed by atoms with Crippen molar-refractivity contribution < 1.29 is 23.1 Å². The number of carbonyl (C=O) groups excluding carboxylic acids is 1. The van der Waals surface area contributed by atoms with Crippen LogP contribution in [0.5, 0.6) is 0 Å². The maximum atomic E-state index is 14.0. The van der Waals surface area contributed by atoms with Gasteiger partial charge in [-0.05, 0) is 67.1 Å². The number of nitrogens with one attached hydrogen (secondary N) is 1.